The third kappa shape index (κ3) is 3.15. The van der Waals surface area contributed by atoms with Gasteiger partial charge in [-0.05, 0) is 0 Å². The van der Waals surface area contributed by atoms with Gasteiger partial charge in [0.05, 0.1) is 0 Å². The first-order valence-corrected chi connectivity index (χ1v) is 7.82. The van der Waals surface area contributed by atoms with Crippen LogP contribution in [0.4, 0.5) is 0 Å². The second-order valence-electron chi connectivity index (χ2n) is 2.35. The molecule has 0 bridgehead atoms. The molecule has 0 aliphatic heterocycles. The molecular formula is C6H16INP-. The predicted octanol–water partition coefficient (Wildman–Crippen LogP) is -1.92. The Labute approximate surface area is 70.2 Å². The van der Waals surface area contributed by atoms with Crippen molar-refractivity contribution in [3.8, 4) is 0 Å². The molecule has 0 saturated carbocycles. The van der Waals surface area contributed by atoms with Gasteiger partial charge in [0, 0.05) is 0 Å². The standard InChI is InChI=1S/C6H16INP/c1-5(9-4)6(2,8)7-3/h5,9H,8H2,1-4H3/q-1. The Bertz CT molecular complexity index is 85.1. The quantitative estimate of drug-likeness (QED) is 0.272. The zero-order chi connectivity index (χ0) is 7.49. The SMILES string of the molecule is CPC(C)C(C)(N)[I-]C. The van der Waals surface area contributed by atoms with Gasteiger partial charge in [0.25, 0.3) is 0 Å². The zero-order valence-electron chi connectivity index (χ0n) is 6.53. The van der Waals surface area contributed by atoms with Crippen LogP contribution in [0.2, 0.25) is 0 Å². The number of alkyl halides is 2. The van der Waals surface area contributed by atoms with Crippen molar-refractivity contribution in [1.82, 2.24) is 0 Å². The molecule has 0 fully saturated rings. The van der Waals surface area contributed by atoms with E-state index in [0.29, 0.717) is 0 Å². The number of hydrogen-bond donors (Lipinski definition) is 1. The number of rotatable bonds is 3. The number of nitrogens with two attached hydrogens (primary N) is 1. The van der Waals surface area contributed by atoms with Crippen LogP contribution in [0.5, 0.6) is 0 Å². The van der Waals surface area contributed by atoms with Gasteiger partial charge >= 0.3 is 70.2 Å². The summed E-state index contributed by atoms with van der Waals surface area (Å²) in [6.07, 6.45) is 0. The average Bonchev–Trinajstić information content (AvgIpc) is 1.86. The average molecular weight is 260 g/mol. The molecule has 0 aliphatic carbocycles. The van der Waals surface area contributed by atoms with Gasteiger partial charge in [-0.3, -0.25) is 0 Å². The molecule has 3 atom stereocenters. The third-order valence-electron chi connectivity index (χ3n) is 1.69. The molecule has 58 valence electrons. The summed E-state index contributed by atoms with van der Waals surface area (Å²) >= 11 is 0.199. The van der Waals surface area contributed by atoms with Crippen molar-refractivity contribution in [2.75, 3.05) is 11.6 Å². The van der Waals surface area contributed by atoms with Crippen LogP contribution < -0.4 is 26.9 Å². The molecule has 9 heavy (non-hydrogen) atoms. The van der Waals surface area contributed by atoms with E-state index in [4.69, 9.17) is 5.73 Å². The summed E-state index contributed by atoms with van der Waals surface area (Å²) in [7, 11) is 0.992. The fourth-order valence-corrected chi connectivity index (χ4v) is 3.61. The molecule has 0 aromatic rings. The van der Waals surface area contributed by atoms with Crippen molar-refractivity contribution in [2.45, 2.75) is 23.1 Å². The number of hydrogen-bond acceptors (Lipinski definition) is 1. The summed E-state index contributed by atoms with van der Waals surface area (Å²) in [4.78, 5) is 2.26. The Kier molecular flexibility index (Phi) is 4.60. The van der Waals surface area contributed by atoms with Crippen LogP contribution in [0.15, 0.2) is 0 Å². The van der Waals surface area contributed by atoms with Gasteiger partial charge in [-0.2, -0.15) is 0 Å². The summed E-state index contributed by atoms with van der Waals surface area (Å²) in [6.45, 7) is 6.66. The molecule has 0 aliphatic rings. The molecule has 1 nitrogen and oxygen atoms in total. The normalized spacial score (nSPS) is 22.8. The Balaban J connectivity index is 3.80. The van der Waals surface area contributed by atoms with Crippen LogP contribution in [0.25, 0.3) is 0 Å². The third-order valence-corrected chi connectivity index (χ3v) is 7.00. The van der Waals surface area contributed by atoms with Crippen molar-refractivity contribution in [2.24, 2.45) is 5.73 Å². The molecule has 3 heteroatoms. The minimum atomic E-state index is 0.173. The van der Waals surface area contributed by atoms with E-state index in [1.165, 1.54) is 0 Å². The van der Waals surface area contributed by atoms with Crippen LogP contribution in [-0.2, 0) is 0 Å². The second kappa shape index (κ2) is 4.09. The molecule has 0 aromatic heterocycles. The van der Waals surface area contributed by atoms with Crippen molar-refractivity contribution >= 4 is 8.58 Å². The first-order valence-electron chi connectivity index (χ1n) is 3.01. The zero-order valence-corrected chi connectivity index (χ0v) is 9.69. The van der Waals surface area contributed by atoms with Crippen LogP contribution in [0.1, 0.15) is 13.8 Å². The van der Waals surface area contributed by atoms with Crippen LogP contribution in [0.3, 0.4) is 0 Å². The van der Waals surface area contributed by atoms with E-state index in [1.54, 1.807) is 0 Å². The Hall–Kier alpha value is 1.12. The first-order chi connectivity index (χ1) is 4.04. The molecular weight excluding hydrogens is 244 g/mol. The van der Waals surface area contributed by atoms with E-state index in [0.717, 1.165) is 14.2 Å². The fourth-order valence-electron chi connectivity index (χ4n) is 0.446. The molecule has 0 heterocycles. The predicted molar refractivity (Wildman–Crippen MR) is 42.2 cm³/mol. The van der Waals surface area contributed by atoms with E-state index in [1.807, 2.05) is 0 Å². The van der Waals surface area contributed by atoms with Gasteiger partial charge < -0.3 is 0 Å². The van der Waals surface area contributed by atoms with E-state index in [-0.39, 0.29) is 24.8 Å². The molecule has 2 N–H and O–H groups in total. The maximum absolute atomic E-state index is 6.03. The molecule has 0 saturated heterocycles. The van der Waals surface area contributed by atoms with Gasteiger partial charge in [-0.15, -0.1) is 0 Å². The molecule has 0 amide bonds. The van der Waals surface area contributed by atoms with Crippen LogP contribution in [0, 0.1) is 0 Å². The topological polar surface area (TPSA) is 26.0 Å². The van der Waals surface area contributed by atoms with Crippen molar-refractivity contribution in [3.63, 3.8) is 0 Å². The molecule has 0 spiro atoms. The Morgan fingerprint density at radius 3 is 2.22 bits per heavy atom. The maximum atomic E-state index is 6.03. The Morgan fingerprint density at radius 2 is 2.11 bits per heavy atom. The summed E-state index contributed by atoms with van der Waals surface area (Å²) in [5.74, 6) is 0. The monoisotopic (exact) mass is 260 g/mol. The minimum absolute atomic E-state index is 0.173. The van der Waals surface area contributed by atoms with Crippen molar-refractivity contribution < 1.29 is 21.2 Å². The molecule has 3 unspecified atom stereocenters. The van der Waals surface area contributed by atoms with Gasteiger partial charge in [0.15, 0.2) is 0 Å². The fraction of sp³-hybridized carbons (Fsp3) is 1.00. The van der Waals surface area contributed by atoms with Gasteiger partial charge in [0.2, 0.25) is 0 Å². The van der Waals surface area contributed by atoms with Crippen molar-refractivity contribution in [1.29, 1.82) is 0 Å². The first kappa shape index (κ1) is 10.1. The van der Waals surface area contributed by atoms with Gasteiger partial charge in [0.1, 0.15) is 0 Å². The summed E-state index contributed by atoms with van der Waals surface area (Å²) < 4.78 is 0.173. The summed E-state index contributed by atoms with van der Waals surface area (Å²) in [5.41, 5.74) is 6.74. The molecule has 0 rings (SSSR count). The molecule has 0 aromatic carbocycles. The van der Waals surface area contributed by atoms with E-state index in [2.05, 4.69) is 25.4 Å². The van der Waals surface area contributed by atoms with E-state index < -0.39 is 0 Å². The van der Waals surface area contributed by atoms with Crippen LogP contribution in [-0.4, -0.2) is 20.8 Å². The summed E-state index contributed by atoms with van der Waals surface area (Å²) in [6, 6.07) is 0. The molecule has 0 radical (unpaired) electrons. The van der Waals surface area contributed by atoms with Gasteiger partial charge in [-0.25, -0.2) is 0 Å². The number of halogens is 1. The van der Waals surface area contributed by atoms with Crippen LogP contribution >= 0.6 is 8.58 Å². The second-order valence-corrected chi connectivity index (χ2v) is 7.20. The van der Waals surface area contributed by atoms with Crippen molar-refractivity contribution in [3.05, 3.63) is 0 Å². The van der Waals surface area contributed by atoms with E-state index in [9.17, 15) is 0 Å². The van der Waals surface area contributed by atoms with Gasteiger partial charge in [-0.1, -0.05) is 0 Å². The van der Waals surface area contributed by atoms with E-state index >= 15 is 0 Å². The summed E-state index contributed by atoms with van der Waals surface area (Å²) in [5, 5.41) is 0. The Morgan fingerprint density at radius 1 is 1.67 bits per heavy atom.